The molecule has 2 amide bonds. The number of rotatable bonds is 4. The van der Waals surface area contributed by atoms with Crippen molar-refractivity contribution in [2.45, 2.75) is 27.2 Å². The molecular weight excluding hydrogens is 216 g/mol. The average molecular weight is 238 g/mol. The lowest BCUT2D eigenvalue weighted by Gasteiger charge is -2.24. The van der Waals surface area contributed by atoms with Gasteiger partial charge in [0.05, 0.1) is 5.70 Å². The van der Waals surface area contributed by atoms with Crippen molar-refractivity contribution in [3.63, 3.8) is 0 Å². The third kappa shape index (κ3) is 4.42. The maximum atomic E-state index is 11.7. The van der Waals surface area contributed by atoms with Crippen LogP contribution in [0.25, 0.3) is 0 Å². The van der Waals surface area contributed by atoms with E-state index in [-0.39, 0.29) is 0 Å². The molecule has 0 heterocycles. The Morgan fingerprint density at radius 1 is 1.29 bits per heavy atom. The molecular formula is C12H22N4O. The van der Waals surface area contributed by atoms with Crippen molar-refractivity contribution in [2.24, 2.45) is 11.7 Å². The maximum Gasteiger partial charge on any atom is 0.352 e. The minimum atomic E-state index is -0.471. The van der Waals surface area contributed by atoms with Crippen LogP contribution in [0, 0.1) is 0 Å². The van der Waals surface area contributed by atoms with Gasteiger partial charge in [-0.05, 0) is 32.8 Å². The fourth-order valence-corrected chi connectivity index (χ4v) is 1.16. The highest BCUT2D eigenvalue weighted by Gasteiger charge is 2.17. The van der Waals surface area contributed by atoms with Gasteiger partial charge in [0.2, 0.25) is 0 Å². The first kappa shape index (κ1) is 15.4. The van der Waals surface area contributed by atoms with Crippen LogP contribution in [-0.4, -0.2) is 23.1 Å². The molecule has 0 rings (SSSR count). The zero-order valence-electron chi connectivity index (χ0n) is 11.0. The van der Waals surface area contributed by atoms with Gasteiger partial charge in [-0.3, -0.25) is 5.01 Å². The van der Waals surface area contributed by atoms with Crippen LogP contribution in [0.15, 0.2) is 35.6 Å². The van der Waals surface area contributed by atoms with Crippen LogP contribution in [0.3, 0.4) is 0 Å². The summed E-state index contributed by atoms with van der Waals surface area (Å²) < 4.78 is 0. The summed E-state index contributed by atoms with van der Waals surface area (Å²) in [7, 11) is 1.45. The molecule has 0 unspecified atom stereocenters. The van der Waals surface area contributed by atoms with Gasteiger partial charge in [-0.25, -0.2) is 21.5 Å². The SMILES string of the molecule is C=CC/C=C(\C(C)=C(C)C)N(N)C(=O)N(C)N. The molecule has 0 spiro atoms. The summed E-state index contributed by atoms with van der Waals surface area (Å²) in [4.78, 5) is 11.7. The van der Waals surface area contributed by atoms with Gasteiger partial charge in [-0.2, -0.15) is 0 Å². The Labute approximate surface area is 103 Å². The summed E-state index contributed by atoms with van der Waals surface area (Å²) >= 11 is 0. The molecule has 0 aromatic heterocycles. The topological polar surface area (TPSA) is 75.6 Å². The second-order valence-electron chi connectivity index (χ2n) is 4.00. The summed E-state index contributed by atoms with van der Waals surface area (Å²) in [6.07, 6.45) is 4.22. The molecule has 0 atom stereocenters. The fourth-order valence-electron chi connectivity index (χ4n) is 1.16. The Hall–Kier alpha value is -1.59. The van der Waals surface area contributed by atoms with Crippen molar-refractivity contribution in [1.29, 1.82) is 0 Å². The molecule has 5 nitrogen and oxygen atoms in total. The second kappa shape index (κ2) is 6.88. The van der Waals surface area contributed by atoms with Crippen molar-refractivity contribution in [3.05, 3.63) is 35.6 Å². The Bertz CT molecular complexity index is 352. The molecule has 0 aliphatic carbocycles. The van der Waals surface area contributed by atoms with Crippen LogP contribution in [0.5, 0.6) is 0 Å². The van der Waals surface area contributed by atoms with Gasteiger partial charge in [0.25, 0.3) is 0 Å². The second-order valence-corrected chi connectivity index (χ2v) is 4.00. The van der Waals surface area contributed by atoms with Gasteiger partial charge in [-0.15, -0.1) is 6.58 Å². The molecule has 5 heteroatoms. The van der Waals surface area contributed by atoms with Gasteiger partial charge in [0, 0.05) is 7.05 Å². The van der Waals surface area contributed by atoms with Crippen molar-refractivity contribution >= 4 is 6.03 Å². The first-order chi connectivity index (χ1) is 7.82. The van der Waals surface area contributed by atoms with E-state index < -0.39 is 6.03 Å². The van der Waals surface area contributed by atoms with E-state index in [9.17, 15) is 4.79 Å². The molecule has 96 valence electrons. The Kier molecular flexibility index (Phi) is 6.23. The predicted molar refractivity (Wildman–Crippen MR) is 70.3 cm³/mol. The highest BCUT2D eigenvalue weighted by Crippen LogP contribution is 2.17. The van der Waals surface area contributed by atoms with Gasteiger partial charge < -0.3 is 0 Å². The number of hydrogen-bond acceptors (Lipinski definition) is 3. The quantitative estimate of drug-likeness (QED) is 0.258. The van der Waals surface area contributed by atoms with Gasteiger partial charge in [-0.1, -0.05) is 17.7 Å². The third-order valence-corrected chi connectivity index (χ3v) is 2.38. The van der Waals surface area contributed by atoms with E-state index >= 15 is 0 Å². The molecule has 0 fully saturated rings. The molecule has 17 heavy (non-hydrogen) atoms. The third-order valence-electron chi connectivity index (χ3n) is 2.38. The highest BCUT2D eigenvalue weighted by atomic mass is 16.2. The van der Waals surface area contributed by atoms with E-state index in [1.807, 2.05) is 26.8 Å². The average Bonchev–Trinajstić information content (AvgIpc) is 2.27. The van der Waals surface area contributed by atoms with Crippen LogP contribution in [0.1, 0.15) is 27.2 Å². The van der Waals surface area contributed by atoms with E-state index in [1.165, 1.54) is 7.05 Å². The van der Waals surface area contributed by atoms with Crippen LogP contribution >= 0.6 is 0 Å². The standard InChI is InChI=1S/C12H22N4O/c1-6-7-8-11(10(4)9(2)3)16(14)12(17)15(5)13/h6,8H,1,7,13-14H2,2-5H3/b11-8+. The van der Waals surface area contributed by atoms with E-state index in [0.29, 0.717) is 12.1 Å². The lowest BCUT2D eigenvalue weighted by atomic mass is 10.1. The van der Waals surface area contributed by atoms with Crippen molar-refractivity contribution in [3.8, 4) is 0 Å². The van der Waals surface area contributed by atoms with E-state index in [1.54, 1.807) is 6.08 Å². The minimum Gasteiger partial charge on any atom is -0.264 e. The molecule has 0 aromatic rings. The first-order valence-electron chi connectivity index (χ1n) is 5.35. The van der Waals surface area contributed by atoms with Crippen molar-refractivity contribution < 1.29 is 4.79 Å². The van der Waals surface area contributed by atoms with Gasteiger partial charge >= 0.3 is 6.03 Å². The van der Waals surface area contributed by atoms with E-state index in [4.69, 9.17) is 11.7 Å². The van der Waals surface area contributed by atoms with Crippen molar-refractivity contribution in [2.75, 3.05) is 7.05 Å². The fraction of sp³-hybridized carbons (Fsp3) is 0.417. The number of hydrogen-bond donors (Lipinski definition) is 2. The largest absolute Gasteiger partial charge is 0.352 e. The lowest BCUT2D eigenvalue weighted by Crippen LogP contribution is -2.47. The Morgan fingerprint density at radius 3 is 2.18 bits per heavy atom. The summed E-state index contributed by atoms with van der Waals surface area (Å²) in [5, 5.41) is 1.99. The van der Waals surface area contributed by atoms with Crippen molar-refractivity contribution in [1.82, 2.24) is 10.0 Å². The van der Waals surface area contributed by atoms with Crippen LogP contribution in [-0.2, 0) is 0 Å². The number of hydrazine groups is 2. The zero-order chi connectivity index (χ0) is 13.6. The highest BCUT2D eigenvalue weighted by molar-refractivity contribution is 5.75. The van der Waals surface area contributed by atoms with E-state index in [2.05, 4.69) is 6.58 Å². The van der Waals surface area contributed by atoms with Crippen LogP contribution in [0.4, 0.5) is 4.79 Å². The summed E-state index contributed by atoms with van der Waals surface area (Å²) in [6, 6.07) is -0.471. The number of amides is 2. The zero-order valence-corrected chi connectivity index (χ0v) is 11.0. The molecule has 4 N–H and O–H groups in total. The van der Waals surface area contributed by atoms with Crippen LogP contribution in [0.2, 0.25) is 0 Å². The molecule has 0 radical (unpaired) electrons. The van der Waals surface area contributed by atoms with Gasteiger partial charge in [0.15, 0.2) is 0 Å². The summed E-state index contributed by atoms with van der Waals surface area (Å²) in [6.45, 7) is 9.47. The Balaban J connectivity index is 5.28. The van der Waals surface area contributed by atoms with Crippen LogP contribution < -0.4 is 11.7 Å². The number of urea groups is 1. The predicted octanol–water partition coefficient (Wildman–Crippen LogP) is 1.90. The molecule has 0 aliphatic rings. The monoisotopic (exact) mass is 238 g/mol. The number of allylic oxidation sites excluding steroid dienone is 4. The summed E-state index contributed by atoms with van der Waals surface area (Å²) in [5.74, 6) is 11.1. The lowest BCUT2D eigenvalue weighted by molar-refractivity contribution is 0.177. The number of carbonyl (C=O) groups excluding carboxylic acids is 1. The Morgan fingerprint density at radius 2 is 1.82 bits per heavy atom. The number of carbonyl (C=O) groups is 1. The molecule has 0 saturated carbocycles. The number of nitrogens with two attached hydrogens (primary N) is 2. The molecule has 0 saturated heterocycles. The molecule has 0 aromatic carbocycles. The van der Waals surface area contributed by atoms with Gasteiger partial charge in [0.1, 0.15) is 0 Å². The minimum absolute atomic E-state index is 0.471. The smallest absolute Gasteiger partial charge is 0.264 e. The number of nitrogens with zero attached hydrogens (tertiary/aromatic N) is 2. The maximum absolute atomic E-state index is 11.7. The molecule has 0 bridgehead atoms. The summed E-state index contributed by atoms with van der Waals surface area (Å²) in [5.41, 5.74) is 2.68. The molecule has 0 aliphatic heterocycles. The normalized spacial score (nSPS) is 10.8. The first-order valence-corrected chi connectivity index (χ1v) is 5.35. The van der Waals surface area contributed by atoms with E-state index in [0.717, 1.165) is 21.2 Å².